The van der Waals surface area contributed by atoms with Crippen molar-refractivity contribution in [2.45, 2.75) is 38.8 Å². The molecule has 1 aliphatic rings. The van der Waals surface area contributed by atoms with Crippen LogP contribution >= 0.6 is 11.8 Å². The lowest BCUT2D eigenvalue weighted by Gasteiger charge is -2.20. The molecule has 0 aromatic heterocycles. The predicted molar refractivity (Wildman–Crippen MR) is 63.1 cm³/mol. The third kappa shape index (κ3) is 3.50. The van der Waals surface area contributed by atoms with Gasteiger partial charge < -0.3 is 10.1 Å². The molecule has 0 aromatic carbocycles. The van der Waals surface area contributed by atoms with Crippen molar-refractivity contribution in [3.8, 4) is 0 Å². The van der Waals surface area contributed by atoms with Gasteiger partial charge in [0, 0.05) is 18.9 Å². The minimum atomic E-state index is -0.153. The molecule has 1 heterocycles. The normalized spacial score (nSPS) is 25.4. The Morgan fingerprint density at radius 1 is 1.64 bits per heavy atom. The monoisotopic (exact) mass is 216 g/mol. The molecule has 0 amide bonds. The van der Waals surface area contributed by atoms with Crippen molar-refractivity contribution in [2.24, 2.45) is 4.99 Å². The van der Waals surface area contributed by atoms with E-state index in [9.17, 15) is 0 Å². The third-order valence-corrected chi connectivity index (χ3v) is 3.49. The molecule has 0 spiro atoms. The summed E-state index contributed by atoms with van der Waals surface area (Å²) in [5.41, 5.74) is -0.153. The van der Waals surface area contributed by atoms with Crippen molar-refractivity contribution < 1.29 is 4.74 Å². The summed E-state index contributed by atoms with van der Waals surface area (Å²) in [5, 5.41) is 4.47. The highest BCUT2D eigenvalue weighted by atomic mass is 32.2. The maximum absolute atomic E-state index is 5.31. The van der Waals surface area contributed by atoms with Crippen LogP contribution in [0.1, 0.15) is 27.2 Å². The van der Waals surface area contributed by atoms with Crippen LogP contribution in [0.3, 0.4) is 0 Å². The summed E-state index contributed by atoms with van der Waals surface area (Å²) >= 11 is 1.81. The van der Waals surface area contributed by atoms with Crippen molar-refractivity contribution in [1.29, 1.82) is 0 Å². The Labute approximate surface area is 90.7 Å². The van der Waals surface area contributed by atoms with E-state index in [4.69, 9.17) is 4.74 Å². The van der Waals surface area contributed by atoms with Crippen LogP contribution in [-0.2, 0) is 4.74 Å². The lowest BCUT2D eigenvalue weighted by atomic mass is 10.1. The summed E-state index contributed by atoms with van der Waals surface area (Å²) in [6, 6.07) is 0.601. The topological polar surface area (TPSA) is 33.6 Å². The van der Waals surface area contributed by atoms with Gasteiger partial charge in [0.2, 0.25) is 0 Å². The predicted octanol–water partition coefficient (Wildman–Crippen LogP) is 1.88. The van der Waals surface area contributed by atoms with E-state index in [1.54, 1.807) is 7.11 Å². The molecule has 14 heavy (non-hydrogen) atoms. The van der Waals surface area contributed by atoms with Crippen LogP contribution in [0, 0.1) is 0 Å². The van der Waals surface area contributed by atoms with Crippen molar-refractivity contribution in [3.05, 3.63) is 0 Å². The van der Waals surface area contributed by atoms with Crippen molar-refractivity contribution in [3.63, 3.8) is 0 Å². The van der Waals surface area contributed by atoms with Gasteiger partial charge in [-0.3, -0.25) is 4.99 Å². The van der Waals surface area contributed by atoms with Gasteiger partial charge in [0.05, 0.1) is 12.1 Å². The highest BCUT2D eigenvalue weighted by Crippen LogP contribution is 2.17. The van der Waals surface area contributed by atoms with Gasteiger partial charge in [-0.25, -0.2) is 0 Å². The number of rotatable bonds is 4. The van der Waals surface area contributed by atoms with Gasteiger partial charge in [-0.1, -0.05) is 18.7 Å². The molecule has 1 atom stereocenters. The molecule has 1 saturated heterocycles. The molecule has 1 N–H and O–H groups in total. The van der Waals surface area contributed by atoms with Gasteiger partial charge in [0.1, 0.15) is 0 Å². The summed E-state index contributed by atoms with van der Waals surface area (Å²) in [6.45, 7) is 7.01. The Balaban J connectivity index is 2.39. The zero-order chi connectivity index (χ0) is 10.6. The fraction of sp³-hybridized carbons (Fsp3) is 0.900. The number of thioether (sulfide) groups is 1. The van der Waals surface area contributed by atoms with Gasteiger partial charge in [-0.15, -0.1) is 0 Å². The van der Waals surface area contributed by atoms with E-state index < -0.39 is 0 Å². The number of nitrogens with one attached hydrogen (secondary N) is 1. The first kappa shape index (κ1) is 11.9. The molecule has 1 aliphatic heterocycles. The standard InChI is InChI=1S/C10H20N2OS/c1-5-8-6-14-9(12-8)11-7-10(2,3)13-4/h8H,5-7H2,1-4H3,(H,11,12). The minimum absolute atomic E-state index is 0.153. The number of hydrogen-bond acceptors (Lipinski definition) is 3. The quantitative estimate of drug-likeness (QED) is 0.779. The first-order chi connectivity index (χ1) is 6.57. The zero-order valence-corrected chi connectivity index (χ0v) is 10.3. The van der Waals surface area contributed by atoms with Gasteiger partial charge in [-0.05, 0) is 20.3 Å². The SMILES string of the molecule is CCC1CSC(=NCC(C)(C)OC)N1. The first-order valence-corrected chi connectivity index (χ1v) is 6.05. The van der Waals surface area contributed by atoms with Crippen molar-refractivity contribution in [1.82, 2.24) is 5.32 Å². The van der Waals surface area contributed by atoms with Crippen LogP contribution in [-0.4, -0.2) is 36.2 Å². The maximum atomic E-state index is 5.31. The molecular weight excluding hydrogens is 196 g/mol. The Hall–Kier alpha value is -0.220. The second-order valence-electron chi connectivity index (χ2n) is 4.15. The lowest BCUT2D eigenvalue weighted by molar-refractivity contribution is 0.0312. The number of ether oxygens (including phenoxy) is 1. The Kier molecular flexibility index (Phi) is 4.26. The van der Waals surface area contributed by atoms with Gasteiger partial charge in [0.25, 0.3) is 0 Å². The largest absolute Gasteiger partial charge is 0.377 e. The number of hydrogen-bond donors (Lipinski definition) is 1. The van der Waals surface area contributed by atoms with Crippen molar-refractivity contribution in [2.75, 3.05) is 19.4 Å². The van der Waals surface area contributed by atoms with Gasteiger partial charge in [-0.2, -0.15) is 0 Å². The van der Waals surface area contributed by atoms with E-state index in [0.29, 0.717) is 6.04 Å². The van der Waals surface area contributed by atoms with Crippen molar-refractivity contribution >= 4 is 16.9 Å². The second kappa shape index (κ2) is 5.03. The maximum Gasteiger partial charge on any atom is 0.156 e. The summed E-state index contributed by atoms with van der Waals surface area (Å²) < 4.78 is 5.31. The van der Waals surface area contributed by atoms with Crippen LogP contribution in [0.25, 0.3) is 0 Å². The van der Waals surface area contributed by atoms with E-state index in [2.05, 4.69) is 17.2 Å². The minimum Gasteiger partial charge on any atom is -0.377 e. The van der Waals surface area contributed by atoms with Crippen LogP contribution in [0.5, 0.6) is 0 Å². The number of aliphatic imine (C=N–C) groups is 1. The average Bonchev–Trinajstić information content (AvgIpc) is 2.63. The van der Waals surface area contributed by atoms with Crippen LogP contribution in [0.2, 0.25) is 0 Å². The first-order valence-electron chi connectivity index (χ1n) is 5.06. The highest BCUT2D eigenvalue weighted by molar-refractivity contribution is 8.14. The van der Waals surface area contributed by atoms with Crippen LogP contribution in [0.4, 0.5) is 0 Å². The molecule has 0 saturated carbocycles. The number of methoxy groups -OCH3 is 1. The summed E-state index contributed by atoms with van der Waals surface area (Å²) in [4.78, 5) is 4.51. The zero-order valence-electron chi connectivity index (χ0n) is 9.46. The molecule has 4 heteroatoms. The smallest absolute Gasteiger partial charge is 0.156 e. The molecule has 3 nitrogen and oxygen atoms in total. The lowest BCUT2D eigenvalue weighted by Crippen LogP contribution is -2.30. The molecule has 0 aliphatic carbocycles. The van der Waals surface area contributed by atoms with Gasteiger partial charge >= 0.3 is 0 Å². The molecule has 82 valence electrons. The molecule has 1 fully saturated rings. The fourth-order valence-electron chi connectivity index (χ4n) is 1.08. The van der Waals surface area contributed by atoms with E-state index in [-0.39, 0.29) is 5.60 Å². The summed E-state index contributed by atoms with van der Waals surface area (Å²) in [6.07, 6.45) is 1.17. The summed E-state index contributed by atoms with van der Waals surface area (Å²) in [5.74, 6) is 1.14. The number of nitrogens with zero attached hydrogens (tertiary/aromatic N) is 1. The Morgan fingerprint density at radius 2 is 2.36 bits per heavy atom. The fourth-order valence-corrected chi connectivity index (χ4v) is 2.16. The molecular formula is C10H20N2OS. The van der Waals surface area contributed by atoms with Crippen LogP contribution in [0.15, 0.2) is 4.99 Å². The highest BCUT2D eigenvalue weighted by Gasteiger charge is 2.20. The molecule has 0 aromatic rings. The van der Waals surface area contributed by atoms with E-state index >= 15 is 0 Å². The summed E-state index contributed by atoms with van der Waals surface area (Å²) in [7, 11) is 1.73. The Morgan fingerprint density at radius 3 is 2.86 bits per heavy atom. The molecule has 1 rings (SSSR count). The second-order valence-corrected chi connectivity index (χ2v) is 5.15. The number of amidine groups is 1. The van der Waals surface area contributed by atoms with E-state index in [0.717, 1.165) is 17.5 Å². The third-order valence-electron chi connectivity index (χ3n) is 2.40. The van der Waals surface area contributed by atoms with E-state index in [1.807, 2.05) is 25.6 Å². The van der Waals surface area contributed by atoms with E-state index in [1.165, 1.54) is 6.42 Å². The molecule has 0 bridgehead atoms. The van der Waals surface area contributed by atoms with Crippen LogP contribution < -0.4 is 5.32 Å². The molecule has 1 unspecified atom stereocenters. The average molecular weight is 216 g/mol. The van der Waals surface area contributed by atoms with Gasteiger partial charge in [0.15, 0.2) is 5.17 Å². The Bertz CT molecular complexity index is 216. The molecule has 0 radical (unpaired) electrons.